The van der Waals surface area contributed by atoms with Crippen molar-refractivity contribution in [3.63, 3.8) is 0 Å². The first-order valence-electron chi connectivity index (χ1n) is 8.89. The molecule has 1 fully saturated rings. The number of carbonyl (C=O) groups is 1. The van der Waals surface area contributed by atoms with E-state index >= 15 is 0 Å². The zero-order valence-electron chi connectivity index (χ0n) is 15.1. The molecule has 1 aliphatic rings. The summed E-state index contributed by atoms with van der Waals surface area (Å²) in [4.78, 5) is 18.8. The summed E-state index contributed by atoms with van der Waals surface area (Å²) in [5.41, 5.74) is 2.13. The van der Waals surface area contributed by atoms with Crippen molar-refractivity contribution in [1.29, 1.82) is 0 Å². The van der Waals surface area contributed by atoms with Gasteiger partial charge in [0.05, 0.1) is 20.3 Å². The highest BCUT2D eigenvalue weighted by Crippen LogP contribution is 2.13. The molecular weight excluding hydrogens is 330 g/mol. The number of pyridine rings is 1. The molecule has 0 aliphatic carbocycles. The van der Waals surface area contributed by atoms with Crippen molar-refractivity contribution in [2.24, 2.45) is 0 Å². The second kappa shape index (κ2) is 9.31. The SMILES string of the molecule is COC(=O)[C@H](Cc1ccccc1)NCc1ccc(N2CCOCC2)nc1. The van der Waals surface area contributed by atoms with Crippen molar-refractivity contribution in [1.82, 2.24) is 10.3 Å². The summed E-state index contributed by atoms with van der Waals surface area (Å²) in [6, 6.07) is 13.6. The fourth-order valence-corrected chi connectivity index (χ4v) is 2.97. The van der Waals surface area contributed by atoms with E-state index in [0.29, 0.717) is 13.0 Å². The van der Waals surface area contributed by atoms with Gasteiger partial charge in [0.2, 0.25) is 0 Å². The van der Waals surface area contributed by atoms with Crippen LogP contribution in [0.4, 0.5) is 5.82 Å². The molecule has 1 aromatic heterocycles. The van der Waals surface area contributed by atoms with Crippen LogP contribution < -0.4 is 10.2 Å². The van der Waals surface area contributed by atoms with Gasteiger partial charge in [-0.1, -0.05) is 36.4 Å². The standard InChI is InChI=1S/C20H25N3O3/c1-25-20(24)18(13-16-5-3-2-4-6-16)21-14-17-7-8-19(22-15-17)23-9-11-26-12-10-23/h2-8,15,18,21H,9-14H2,1H3/t18-/m0/s1. The lowest BCUT2D eigenvalue weighted by atomic mass is 10.1. The van der Waals surface area contributed by atoms with Crippen LogP contribution in [0.15, 0.2) is 48.7 Å². The van der Waals surface area contributed by atoms with Crippen LogP contribution in [0.25, 0.3) is 0 Å². The van der Waals surface area contributed by atoms with Crippen molar-refractivity contribution in [3.8, 4) is 0 Å². The number of morpholine rings is 1. The zero-order chi connectivity index (χ0) is 18.2. The molecule has 0 amide bonds. The summed E-state index contributed by atoms with van der Waals surface area (Å²) in [6.07, 6.45) is 2.45. The summed E-state index contributed by atoms with van der Waals surface area (Å²) in [6.45, 7) is 3.78. The molecule has 1 saturated heterocycles. The Morgan fingerprint density at radius 1 is 1.19 bits per heavy atom. The zero-order valence-corrected chi connectivity index (χ0v) is 15.1. The normalized spacial score (nSPS) is 15.5. The average Bonchev–Trinajstić information content (AvgIpc) is 2.72. The lowest BCUT2D eigenvalue weighted by molar-refractivity contribution is -0.143. The minimum atomic E-state index is -0.388. The van der Waals surface area contributed by atoms with Crippen LogP contribution in [0.2, 0.25) is 0 Å². The predicted molar refractivity (Wildman–Crippen MR) is 100 cm³/mol. The highest BCUT2D eigenvalue weighted by molar-refractivity contribution is 5.76. The van der Waals surface area contributed by atoms with E-state index in [1.54, 1.807) is 0 Å². The fourth-order valence-electron chi connectivity index (χ4n) is 2.97. The summed E-state index contributed by atoms with van der Waals surface area (Å²) >= 11 is 0. The van der Waals surface area contributed by atoms with Crippen molar-refractivity contribution in [2.75, 3.05) is 38.3 Å². The van der Waals surface area contributed by atoms with E-state index in [2.05, 4.69) is 15.2 Å². The third-order valence-electron chi connectivity index (χ3n) is 4.47. The Labute approximate surface area is 154 Å². The van der Waals surface area contributed by atoms with Gasteiger partial charge < -0.3 is 14.4 Å². The van der Waals surface area contributed by atoms with Gasteiger partial charge in [0.1, 0.15) is 11.9 Å². The van der Waals surface area contributed by atoms with Crippen molar-refractivity contribution >= 4 is 11.8 Å². The Kier molecular flexibility index (Phi) is 6.57. The van der Waals surface area contributed by atoms with Gasteiger partial charge in [-0.2, -0.15) is 0 Å². The molecule has 6 heteroatoms. The summed E-state index contributed by atoms with van der Waals surface area (Å²) in [5, 5.41) is 3.29. The molecule has 138 valence electrons. The first-order chi connectivity index (χ1) is 12.8. The molecule has 26 heavy (non-hydrogen) atoms. The van der Waals surface area contributed by atoms with E-state index in [1.807, 2.05) is 48.7 Å². The van der Waals surface area contributed by atoms with E-state index in [-0.39, 0.29) is 12.0 Å². The van der Waals surface area contributed by atoms with Crippen molar-refractivity contribution in [3.05, 3.63) is 59.8 Å². The van der Waals surface area contributed by atoms with Gasteiger partial charge in [-0.15, -0.1) is 0 Å². The van der Waals surface area contributed by atoms with Crippen LogP contribution in [-0.2, 0) is 27.2 Å². The molecular formula is C20H25N3O3. The van der Waals surface area contributed by atoms with Crippen molar-refractivity contribution in [2.45, 2.75) is 19.0 Å². The number of nitrogens with one attached hydrogen (secondary N) is 1. The van der Waals surface area contributed by atoms with Gasteiger partial charge >= 0.3 is 5.97 Å². The third-order valence-corrected chi connectivity index (χ3v) is 4.47. The molecule has 0 radical (unpaired) electrons. The van der Waals surface area contributed by atoms with E-state index < -0.39 is 0 Å². The topological polar surface area (TPSA) is 63.7 Å². The molecule has 0 unspecified atom stereocenters. The van der Waals surface area contributed by atoms with Gasteiger partial charge in [0, 0.05) is 25.8 Å². The number of methoxy groups -OCH3 is 1. The van der Waals surface area contributed by atoms with Gasteiger partial charge in [-0.25, -0.2) is 4.98 Å². The maximum Gasteiger partial charge on any atom is 0.323 e. The number of anilines is 1. The first-order valence-corrected chi connectivity index (χ1v) is 8.89. The minimum Gasteiger partial charge on any atom is -0.468 e. The first kappa shape index (κ1) is 18.4. The lowest BCUT2D eigenvalue weighted by Crippen LogP contribution is -2.39. The molecule has 0 spiro atoms. The van der Waals surface area contributed by atoms with Gasteiger partial charge in [0.25, 0.3) is 0 Å². The Balaban J connectivity index is 1.58. The number of rotatable bonds is 7. The number of ether oxygens (including phenoxy) is 2. The van der Waals surface area contributed by atoms with Gasteiger partial charge in [-0.3, -0.25) is 10.1 Å². The van der Waals surface area contributed by atoms with Crippen LogP contribution in [0.1, 0.15) is 11.1 Å². The summed E-state index contributed by atoms with van der Waals surface area (Å²) in [7, 11) is 1.42. The smallest absolute Gasteiger partial charge is 0.323 e. The number of esters is 1. The average molecular weight is 355 g/mol. The Bertz CT molecular complexity index is 685. The molecule has 6 nitrogen and oxygen atoms in total. The predicted octanol–water partition coefficient (Wildman–Crippen LogP) is 1.79. The van der Waals surface area contributed by atoms with Crippen LogP contribution in [0, 0.1) is 0 Å². The second-order valence-electron chi connectivity index (χ2n) is 6.27. The van der Waals surface area contributed by atoms with Crippen LogP contribution >= 0.6 is 0 Å². The summed E-state index contributed by atoms with van der Waals surface area (Å²) < 4.78 is 10.3. The number of hydrogen-bond acceptors (Lipinski definition) is 6. The molecule has 2 heterocycles. The fraction of sp³-hybridized carbons (Fsp3) is 0.400. The Hall–Kier alpha value is -2.44. The minimum absolute atomic E-state index is 0.258. The number of hydrogen-bond donors (Lipinski definition) is 1. The Morgan fingerprint density at radius 2 is 1.96 bits per heavy atom. The number of aromatic nitrogens is 1. The summed E-state index contributed by atoms with van der Waals surface area (Å²) in [5.74, 6) is 0.706. The molecule has 1 atom stereocenters. The number of nitrogens with zero attached hydrogens (tertiary/aromatic N) is 2. The van der Waals surface area contributed by atoms with Crippen LogP contribution in [0.5, 0.6) is 0 Å². The van der Waals surface area contributed by atoms with E-state index in [4.69, 9.17) is 9.47 Å². The number of carbonyl (C=O) groups excluding carboxylic acids is 1. The van der Waals surface area contributed by atoms with Crippen LogP contribution in [-0.4, -0.2) is 50.4 Å². The Morgan fingerprint density at radius 3 is 2.62 bits per heavy atom. The van der Waals surface area contributed by atoms with Gasteiger partial charge in [0.15, 0.2) is 0 Å². The van der Waals surface area contributed by atoms with E-state index in [0.717, 1.165) is 43.2 Å². The van der Waals surface area contributed by atoms with Gasteiger partial charge in [-0.05, 0) is 23.6 Å². The molecule has 0 bridgehead atoms. The highest BCUT2D eigenvalue weighted by Gasteiger charge is 2.19. The maximum atomic E-state index is 12.1. The third kappa shape index (κ3) is 5.03. The molecule has 2 aromatic rings. The molecule has 1 aliphatic heterocycles. The lowest BCUT2D eigenvalue weighted by Gasteiger charge is -2.27. The quantitative estimate of drug-likeness (QED) is 0.764. The number of benzene rings is 1. The van der Waals surface area contributed by atoms with E-state index in [9.17, 15) is 4.79 Å². The molecule has 1 aromatic carbocycles. The highest BCUT2D eigenvalue weighted by atomic mass is 16.5. The second-order valence-corrected chi connectivity index (χ2v) is 6.27. The largest absolute Gasteiger partial charge is 0.468 e. The van der Waals surface area contributed by atoms with Crippen LogP contribution in [0.3, 0.4) is 0 Å². The monoisotopic (exact) mass is 355 g/mol. The maximum absolute atomic E-state index is 12.1. The molecule has 0 saturated carbocycles. The van der Waals surface area contributed by atoms with Crippen molar-refractivity contribution < 1.29 is 14.3 Å². The van der Waals surface area contributed by atoms with E-state index in [1.165, 1.54) is 7.11 Å². The molecule has 1 N–H and O–H groups in total. The molecule has 3 rings (SSSR count).